The van der Waals surface area contributed by atoms with E-state index in [-0.39, 0.29) is 33.3 Å². The Balaban J connectivity index is 2.01. The highest BCUT2D eigenvalue weighted by Crippen LogP contribution is 2.62. The SMILES string of the molecule is CCOCC1(O)C(O)N(c2ccccc2)c2cc(Cl)c(-c3ccc(F)c(C(=O)O)c3)cc2S(O)(O)N1C. The minimum absolute atomic E-state index is 0.0583. The number of aromatic carboxylic acids is 1. The van der Waals surface area contributed by atoms with Gasteiger partial charge in [-0.25, -0.2) is 9.18 Å². The number of halogens is 2. The zero-order chi connectivity index (χ0) is 27.1. The van der Waals surface area contributed by atoms with Gasteiger partial charge >= 0.3 is 5.97 Å². The number of hydrogen-bond donors (Lipinski definition) is 5. The number of hydrogen-bond acceptors (Lipinski definition) is 8. The second-order valence-corrected chi connectivity index (χ2v) is 10.8. The van der Waals surface area contributed by atoms with Gasteiger partial charge in [0.25, 0.3) is 0 Å². The molecule has 0 aromatic heterocycles. The minimum atomic E-state index is -4.00. The fourth-order valence-electron chi connectivity index (χ4n) is 4.18. The number of anilines is 2. The van der Waals surface area contributed by atoms with Crippen LogP contribution in [0.15, 0.2) is 65.6 Å². The number of fused-ring (bicyclic) bond motifs is 1. The van der Waals surface area contributed by atoms with E-state index in [2.05, 4.69) is 0 Å². The molecule has 2 atom stereocenters. The average Bonchev–Trinajstić information content (AvgIpc) is 2.91. The van der Waals surface area contributed by atoms with Crippen LogP contribution < -0.4 is 4.90 Å². The normalized spacial score (nSPS) is 22.3. The number of ether oxygens (including phenoxy) is 1. The molecule has 3 aromatic carbocycles. The summed E-state index contributed by atoms with van der Waals surface area (Å²) in [6.07, 6.45) is -1.75. The molecule has 2 unspecified atom stereocenters. The van der Waals surface area contributed by atoms with Gasteiger partial charge in [0.1, 0.15) is 5.82 Å². The molecule has 37 heavy (non-hydrogen) atoms. The summed E-state index contributed by atoms with van der Waals surface area (Å²) in [6, 6.07) is 14.6. The molecule has 0 spiro atoms. The molecule has 0 radical (unpaired) electrons. The van der Waals surface area contributed by atoms with Crippen molar-refractivity contribution >= 4 is 39.7 Å². The number of likely N-dealkylation sites (N-methyl/N-ethyl adjacent to an activating group) is 1. The molecule has 1 aliphatic rings. The zero-order valence-electron chi connectivity index (χ0n) is 19.9. The summed E-state index contributed by atoms with van der Waals surface area (Å²) < 4.78 is 43.2. The smallest absolute Gasteiger partial charge is 0.338 e. The van der Waals surface area contributed by atoms with E-state index in [0.717, 1.165) is 16.4 Å². The van der Waals surface area contributed by atoms with Crippen molar-refractivity contribution in [2.75, 3.05) is 25.2 Å². The molecule has 0 amide bonds. The lowest BCUT2D eigenvalue weighted by Crippen LogP contribution is -2.62. The largest absolute Gasteiger partial charge is 0.478 e. The molecule has 1 heterocycles. The topological polar surface area (TPSA) is 134 Å². The number of carbonyl (C=O) groups is 1. The second kappa shape index (κ2) is 10.2. The zero-order valence-corrected chi connectivity index (χ0v) is 21.4. The average molecular weight is 553 g/mol. The van der Waals surface area contributed by atoms with E-state index in [9.17, 15) is 33.6 Å². The van der Waals surface area contributed by atoms with Gasteiger partial charge in [-0.15, -0.1) is 10.8 Å². The van der Waals surface area contributed by atoms with E-state index < -0.39 is 46.7 Å². The van der Waals surface area contributed by atoms with Crippen molar-refractivity contribution in [2.24, 2.45) is 0 Å². The number of aliphatic hydroxyl groups is 2. The Morgan fingerprint density at radius 1 is 1.16 bits per heavy atom. The Morgan fingerprint density at radius 2 is 1.84 bits per heavy atom. The lowest BCUT2D eigenvalue weighted by molar-refractivity contribution is -0.172. The summed E-state index contributed by atoms with van der Waals surface area (Å²) in [7, 11) is -2.76. The first kappa shape index (κ1) is 27.3. The van der Waals surface area contributed by atoms with Crippen LogP contribution in [0.25, 0.3) is 11.1 Å². The summed E-state index contributed by atoms with van der Waals surface area (Å²) >= 11 is 6.60. The first-order chi connectivity index (χ1) is 17.4. The molecule has 0 saturated carbocycles. The summed E-state index contributed by atoms with van der Waals surface area (Å²) in [5.74, 6) is -2.42. The van der Waals surface area contributed by atoms with Gasteiger partial charge in [0.2, 0.25) is 5.72 Å². The van der Waals surface area contributed by atoms with Gasteiger partial charge in [0, 0.05) is 24.9 Å². The third kappa shape index (κ3) is 4.69. The molecule has 9 nitrogen and oxygen atoms in total. The van der Waals surface area contributed by atoms with Gasteiger partial charge in [0.05, 0.1) is 27.8 Å². The Kier molecular flexibility index (Phi) is 7.52. The molecular formula is C25H26ClFN2O7S. The molecule has 12 heteroatoms. The van der Waals surface area contributed by atoms with Crippen molar-refractivity contribution in [1.29, 1.82) is 0 Å². The van der Waals surface area contributed by atoms with Gasteiger partial charge in [-0.3, -0.25) is 9.11 Å². The molecule has 0 bridgehead atoms. The highest BCUT2D eigenvalue weighted by atomic mass is 35.5. The van der Waals surface area contributed by atoms with Crippen LogP contribution >= 0.6 is 22.4 Å². The van der Waals surface area contributed by atoms with Crippen molar-refractivity contribution in [3.63, 3.8) is 0 Å². The molecule has 198 valence electrons. The van der Waals surface area contributed by atoms with E-state index in [1.54, 1.807) is 37.3 Å². The summed E-state index contributed by atoms with van der Waals surface area (Å²) in [5, 5.41) is 32.5. The van der Waals surface area contributed by atoms with E-state index in [4.69, 9.17) is 16.3 Å². The highest BCUT2D eigenvalue weighted by Gasteiger charge is 2.53. The monoisotopic (exact) mass is 552 g/mol. The summed E-state index contributed by atoms with van der Waals surface area (Å²) in [4.78, 5) is 12.7. The molecule has 1 aliphatic heterocycles. The van der Waals surface area contributed by atoms with Crippen molar-refractivity contribution in [2.45, 2.75) is 23.8 Å². The van der Waals surface area contributed by atoms with Gasteiger partial charge in [0.15, 0.2) is 6.23 Å². The van der Waals surface area contributed by atoms with E-state index in [0.29, 0.717) is 5.69 Å². The van der Waals surface area contributed by atoms with Gasteiger partial charge in [-0.2, -0.15) is 4.31 Å². The first-order valence-corrected chi connectivity index (χ1v) is 13.0. The third-order valence-corrected chi connectivity index (χ3v) is 8.56. The Labute approximate surface area is 219 Å². The Hall–Kier alpha value is -2.74. The van der Waals surface area contributed by atoms with Gasteiger partial charge < -0.3 is 25.0 Å². The number of aliphatic hydroxyl groups excluding tert-OH is 1. The summed E-state index contributed by atoms with van der Waals surface area (Å²) in [5.41, 5.74) is -1.97. The van der Waals surface area contributed by atoms with Crippen LogP contribution in [-0.2, 0) is 4.74 Å². The Morgan fingerprint density at radius 3 is 2.46 bits per heavy atom. The number of para-hydroxylation sites is 1. The number of carboxylic acid groups (broad SMARTS) is 1. The van der Waals surface area contributed by atoms with Gasteiger partial charge in [-0.05, 0) is 48.9 Å². The van der Waals surface area contributed by atoms with Crippen molar-refractivity contribution in [1.82, 2.24) is 4.31 Å². The number of rotatable bonds is 6. The first-order valence-electron chi connectivity index (χ1n) is 11.1. The van der Waals surface area contributed by atoms with Crippen LogP contribution in [0.3, 0.4) is 0 Å². The van der Waals surface area contributed by atoms with Gasteiger partial charge in [-0.1, -0.05) is 35.9 Å². The molecule has 3 aromatic rings. The van der Waals surface area contributed by atoms with Crippen molar-refractivity contribution in [3.8, 4) is 11.1 Å². The van der Waals surface area contributed by atoms with Crippen LogP contribution in [0.1, 0.15) is 17.3 Å². The quantitative estimate of drug-likeness (QED) is 0.286. The minimum Gasteiger partial charge on any atom is -0.478 e. The lowest BCUT2D eigenvalue weighted by Gasteiger charge is -2.48. The van der Waals surface area contributed by atoms with Crippen molar-refractivity contribution < 1.29 is 38.3 Å². The predicted molar refractivity (Wildman–Crippen MR) is 139 cm³/mol. The molecule has 4 rings (SSSR count). The molecule has 0 saturated heterocycles. The number of benzene rings is 3. The summed E-state index contributed by atoms with van der Waals surface area (Å²) in [6.45, 7) is 1.41. The van der Waals surface area contributed by atoms with E-state index in [1.165, 1.54) is 30.1 Å². The lowest BCUT2D eigenvalue weighted by atomic mass is 10.0. The Bertz CT molecular complexity index is 1330. The predicted octanol–water partition coefficient (Wildman–Crippen LogP) is 5.00. The fourth-order valence-corrected chi connectivity index (χ4v) is 6.05. The maximum absolute atomic E-state index is 14.0. The maximum atomic E-state index is 14.0. The molecule has 5 N–H and O–H groups in total. The van der Waals surface area contributed by atoms with E-state index in [1.807, 2.05) is 0 Å². The fraction of sp³-hybridized carbons (Fsp3) is 0.240. The highest BCUT2D eigenvalue weighted by molar-refractivity contribution is 8.22. The number of carboxylic acids is 1. The molecule has 0 fully saturated rings. The number of nitrogens with zero attached hydrogens (tertiary/aromatic N) is 2. The molecule has 0 aliphatic carbocycles. The molecular weight excluding hydrogens is 527 g/mol. The van der Waals surface area contributed by atoms with Crippen LogP contribution in [-0.4, -0.2) is 66.9 Å². The van der Waals surface area contributed by atoms with Crippen LogP contribution in [0.4, 0.5) is 15.8 Å². The maximum Gasteiger partial charge on any atom is 0.338 e. The van der Waals surface area contributed by atoms with Crippen LogP contribution in [0, 0.1) is 5.82 Å². The van der Waals surface area contributed by atoms with E-state index >= 15 is 0 Å². The third-order valence-electron chi connectivity index (χ3n) is 6.25. The van der Waals surface area contributed by atoms with Crippen molar-refractivity contribution in [3.05, 3.63) is 77.1 Å². The standard InChI is InChI=1S/C25H26ClFN2O7S/c1-3-36-14-25(33)24(32)29(16-7-5-4-6-8-16)21-13-19(26)17(12-22(21)37(34,35)28(25)2)15-9-10-20(27)18(11-15)23(30)31/h4-13,24,32-35H,3,14H2,1-2H3,(H,30,31). The second-order valence-electron chi connectivity index (χ2n) is 8.41. The van der Waals surface area contributed by atoms with Crippen LogP contribution in [0.2, 0.25) is 5.02 Å². The van der Waals surface area contributed by atoms with Crippen LogP contribution in [0.5, 0.6) is 0 Å².